The summed E-state index contributed by atoms with van der Waals surface area (Å²) in [6, 6.07) is 0. The first kappa shape index (κ1) is 9.52. The van der Waals surface area contributed by atoms with Crippen molar-refractivity contribution in [2.45, 2.75) is 12.8 Å². The molecule has 1 saturated carbocycles. The Morgan fingerprint density at radius 1 is 1.50 bits per heavy atom. The number of aromatic nitrogens is 2. The Morgan fingerprint density at radius 3 is 2.93 bits per heavy atom. The van der Waals surface area contributed by atoms with E-state index >= 15 is 0 Å². The van der Waals surface area contributed by atoms with Gasteiger partial charge < -0.3 is 9.47 Å². The van der Waals surface area contributed by atoms with Crippen LogP contribution in [0.25, 0.3) is 0 Å². The van der Waals surface area contributed by atoms with Gasteiger partial charge in [-0.2, -0.15) is 4.98 Å². The summed E-state index contributed by atoms with van der Waals surface area (Å²) in [4.78, 5) is 7.77. The van der Waals surface area contributed by atoms with Crippen LogP contribution in [0, 0.1) is 5.92 Å². The maximum absolute atomic E-state index is 5.80. The van der Waals surface area contributed by atoms with Gasteiger partial charge in [0.15, 0.2) is 5.15 Å². The number of hydrogen-bond acceptors (Lipinski definition) is 4. The van der Waals surface area contributed by atoms with E-state index in [1.165, 1.54) is 26.3 Å². The Morgan fingerprint density at radius 2 is 2.29 bits per heavy atom. The molecule has 1 fully saturated rings. The molecule has 0 spiro atoms. The third-order valence-corrected chi connectivity index (χ3v) is 2.35. The zero-order valence-corrected chi connectivity index (χ0v) is 8.62. The van der Waals surface area contributed by atoms with Gasteiger partial charge in [0.1, 0.15) is 6.33 Å². The van der Waals surface area contributed by atoms with Crippen molar-refractivity contribution < 1.29 is 9.47 Å². The summed E-state index contributed by atoms with van der Waals surface area (Å²) in [5, 5.41) is 0.285. The molecule has 0 bridgehead atoms. The summed E-state index contributed by atoms with van der Waals surface area (Å²) in [5.74, 6) is 1.52. The fourth-order valence-corrected chi connectivity index (χ4v) is 1.29. The number of ether oxygens (including phenoxy) is 2. The summed E-state index contributed by atoms with van der Waals surface area (Å²) in [5.41, 5.74) is 0. The third-order valence-electron chi connectivity index (χ3n) is 2.08. The van der Waals surface area contributed by atoms with Crippen LogP contribution in [0.1, 0.15) is 12.8 Å². The van der Waals surface area contributed by atoms with Gasteiger partial charge in [-0.15, -0.1) is 0 Å². The van der Waals surface area contributed by atoms with Crippen LogP contribution in [0.3, 0.4) is 0 Å². The first-order valence-corrected chi connectivity index (χ1v) is 4.86. The molecule has 0 N–H and O–H groups in total. The van der Waals surface area contributed by atoms with Gasteiger partial charge in [0, 0.05) is 0 Å². The Kier molecular flexibility index (Phi) is 2.72. The zero-order chi connectivity index (χ0) is 9.97. The van der Waals surface area contributed by atoms with Crippen LogP contribution in [0.4, 0.5) is 0 Å². The van der Waals surface area contributed by atoms with Crippen molar-refractivity contribution in [3.05, 3.63) is 11.5 Å². The van der Waals surface area contributed by atoms with E-state index in [9.17, 15) is 0 Å². The van der Waals surface area contributed by atoms with Crippen molar-refractivity contribution in [2.75, 3.05) is 13.7 Å². The molecule has 5 heteroatoms. The molecule has 0 aromatic carbocycles. The smallest absolute Gasteiger partial charge is 0.261 e. The molecule has 1 aliphatic carbocycles. The predicted octanol–water partition coefficient (Wildman–Crippen LogP) is 1.93. The standard InChI is InChI=1S/C9H11ClN2O2/c1-13-7-8(10)11-5-12-9(7)14-4-6-2-3-6/h5-6H,2-4H2,1H3. The van der Waals surface area contributed by atoms with E-state index in [-0.39, 0.29) is 5.15 Å². The highest BCUT2D eigenvalue weighted by Gasteiger charge is 2.23. The lowest BCUT2D eigenvalue weighted by atomic mass is 10.5. The molecule has 14 heavy (non-hydrogen) atoms. The highest BCUT2D eigenvalue weighted by atomic mass is 35.5. The summed E-state index contributed by atoms with van der Waals surface area (Å²) < 4.78 is 10.5. The summed E-state index contributed by atoms with van der Waals surface area (Å²) in [7, 11) is 1.52. The monoisotopic (exact) mass is 214 g/mol. The van der Waals surface area contributed by atoms with Crippen molar-refractivity contribution >= 4 is 11.6 Å². The number of hydrogen-bond donors (Lipinski definition) is 0. The minimum absolute atomic E-state index is 0.285. The molecule has 4 nitrogen and oxygen atoms in total. The maximum Gasteiger partial charge on any atom is 0.261 e. The van der Waals surface area contributed by atoms with E-state index in [0.717, 1.165) is 0 Å². The number of methoxy groups -OCH3 is 1. The molecular weight excluding hydrogens is 204 g/mol. The topological polar surface area (TPSA) is 44.2 Å². The Bertz CT molecular complexity index is 329. The largest absolute Gasteiger partial charge is 0.489 e. The van der Waals surface area contributed by atoms with Gasteiger partial charge in [-0.05, 0) is 18.8 Å². The highest BCUT2D eigenvalue weighted by Crippen LogP contribution is 2.33. The van der Waals surface area contributed by atoms with Crippen LogP contribution >= 0.6 is 11.6 Å². The van der Waals surface area contributed by atoms with Gasteiger partial charge in [0.05, 0.1) is 13.7 Å². The van der Waals surface area contributed by atoms with Crippen molar-refractivity contribution in [3.8, 4) is 11.6 Å². The van der Waals surface area contributed by atoms with Gasteiger partial charge in [0.2, 0.25) is 5.75 Å². The molecule has 2 rings (SSSR count). The molecule has 1 aromatic rings. The zero-order valence-electron chi connectivity index (χ0n) is 7.86. The van der Waals surface area contributed by atoms with E-state index in [0.29, 0.717) is 24.2 Å². The second-order valence-electron chi connectivity index (χ2n) is 3.26. The molecule has 0 unspecified atom stereocenters. The first-order valence-electron chi connectivity index (χ1n) is 4.48. The van der Waals surface area contributed by atoms with E-state index in [4.69, 9.17) is 21.1 Å². The van der Waals surface area contributed by atoms with Crippen LogP contribution < -0.4 is 9.47 Å². The second kappa shape index (κ2) is 4.00. The Labute approximate surface area is 87.2 Å². The quantitative estimate of drug-likeness (QED) is 0.719. The average molecular weight is 215 g/mol. The van der Waals surface area contributed by atoms with E-state index in [2.05, 4.69) is 9.97 Å². The van der Waals surface area contributed by atoms with Crippen LogP contribution in [-0.2, 0) is 0 Å². The maximum atomic E-state index is 5.80. The van der Waals surface area contributed by atoms with Gasteiger partial charge in [-0.1, -0.05) is 11.6 Å². The molecule has 0 atom stereocenters. The first-order chi connectivity index (χ1) is 6.81. The SMILES string of the molecule is COc1c(Cl)ncnc1OCC1CC1. The minimum Gasteiger partial charge on any atom is -0.489 e. The number of rotatable bonds is 4. The van der Waals surface area contributed by atoms with E-state index in [1.54, 1.807) is 0 Å². The van der Waals surface area contributed by atoms with Crippen LogP contribution in [0.2, 0.25) is 5.15 Å². The van der Waals surface area contributed by atoms with E-state index in [1.807, 2.05) is 0 Å². The lowest BCUT2D eigenvalue weighted by molar-refractivity contribution is 0.268. The fourth-order valence-electron chi connectivity index (χ4n) is 1.09. The molecule has 76 valence electrons. The molecule has 1 heterocycles. The number of nitrogens with zero attached hydrogens (tertiary/aromatic N) is 2. The molecular formula is C9H11ClN2O2. The van der Waals surface area contributed by atoms with Crippen LogP contribution in [0.15, 0.2) is 6.33 Å². The Balaban J connectivity index is 2.09. The van der Waals surface area contributed by atoms with Gasteiger partial charge in [-0.25, -0.2) is 4.98 Å². The summed E-state index contributed by atoms with van der Waals surface area (Å²) in [6.07, 6.45) is 3.84. The van der Waals surface area contributed by atoms with Crippen molar-refractivity contribution in [1.29, 1.82) is 0 Å². The lowest BCUT2D eigenvalue weighted by Gasteiger charge is -2.08. The second-order valence-corrected chi connectivity index (χ2v) is 3.62. The molecule has 0 saturated heterocycles. The average Bonchev–Trinajstić information content (AvgIpc) is 2.98. The third kappa shape index (κ3) is 2.07. The van der Waals surface area contributed by atoms with Crippen LogP contribution in [-0.4, -0.2) is 23.7 Å². The van der Waals surface area contributed by atoms with Gasteiger partial charge in [-0.3, -0.25) is 0 Å². The van der Waals surface area contributed by atoms with Crippen molar-refractivity contribution in [3.63, 3.8) is 0 Å². The fraction of sp³-hybridized carbons (Fsp3) is 0.556. The summed E-state index contributed by atoms with van der Waals surface area (Å²) >= 11 is 5.80. The van der Waals surface area contributed by atoms with Crippen molar-refractivity contribution in [1.82, 2.24) is 9.97 Å². The van der Waals surface area contributed by atoms with Gasteiger partial charge >= 0.3 is 0 Å². The molecule has 0 aliphatic heterocycles. The normalized spacial score (nSPS) is 15.3. The lowest BCUT2D eigenvalue weighted by Crippen LogP contribution is -2.03. The number of halogens is 1. The Hall–Kier alpha value is -1.03. The van der Waals surface area contributed by atoms with Crippen LogP contribution in [0.5, 0.6) is 11.6 Å². The molecule has 1 aliphatic rings. The van der Waals surface area contributed by atoms with E-state index < -0.39 is 0 Å². The van der Waals surface area contributed by atoms with Gasteiger partial charge in [0.25, 0.3) is 5.88 Å². The van der Waals surface area contributed by atoms with Crippen molar-refractivity contribution in [2.24, 2.45) is 5.92 Å². The molecule has 0 radical (unpaired) electrons. The minimum atomic E-state index is 0.285. The molecule has 1 aromatic heterocycles. The predicted molar refractivity (Wildman–Crippen MR) is 51.8 cm³/mol. The summed E-state index contributed by atoms with van der Waals surface area (Å²) in [6.45, 7) is 0.684. The molecule has 0 amide bonds. The highest BCUT2D eigenvalue weighted by molar-refractivity contribution is 6.31.